The summed E-state index contributed by atoms with van der Waals surface area (Å²) in [5, 5.41) is 7.70. The molecule has 0 aliphatic heterocycles. The minimum Gasteiger partial charge on any atom is -0.491 e. The van der Waals surface area contributed by atoms with Crippen LogP contribution in [-0.2, 0) is 13.6 Å². The first kappa shape index (κ1) is 13.5. The maximum atomic E-state index is 5.69. The number of benzene rings is 1. The Kier molecular flexibility index (Phi) is 4.10. The molecule has 19 heavy (non-hydrogen) atoms. The molecule has 0 saturated carbocycles. The van der Waals surface area contributed by atoms with Crippen molar-refractivity contribution < 1.29 is 4.74 Å². The van der Waals surface area contributed by atoms with Crippen LogP contribution in [0, 0.1) is 6.92 Å². The molecule has 0 spiro atoms. The van der Waals surface area contributed by atoms with Crippen LogP contribution in [0.5, 0.6) is 5.75 Å². The fourth-order valence-electron chi connectivity index (χ4n) is 1.97. The summed E-state index contributed by atoms with van der Waals surface area (Å²) in [5.41, 5.74) is 3.27. The molecule has 0 fully saturated rings. The van der Waals surface area contributed by atoms with E-state index >= 15 is 0 Å². The maximum absolute atomic E-state index is 5.69. The topological polar surface area (TPSA) is 39.1 Å². The Labute approximate surface area is 114 Å². The molecule has 0 bridgehead atoms. The third-order valence-electron chi connectivity index (χ3n) is 2.77. The van der Waals surface area contributed by atoms with Gasteiger partial charge >= 0.3 is 0 Å². The molecule has 4 nitrogen and oxygen atoms in total. The van der Waals surface area contributed by atoms with E-state index < -0.39 is 0 Å². The number of aryl methyl sites for hydroxylation is 2. The van der Waals surface area contributed by atoms with E-state index in [0.29, 0.717) is 0 Å². The molecule has 1 N–H and O–H groups in total. The molecule has 102 valence electrons. The predicted octanol–water partition coefficient (Wildman–Crippen LogP) is 3.13. The van der Waals surface area contributed by atoms with Gasteiger partial charge in [-0.1, -0.05) is 12.1 Å². The van der Waals surface area contributed by atoms with Crippen molar-refractivity contribution >= 4 is 5.69 Å². The van der Waals surface area contributed by atoms with Crippen LogP contribution < -0.4 is 10.1 Å². The van der Waals surface area contributed by atoms with Crippen LogP contribution in [0.1, 0.15) is 25.1 Å². The Bertz CT molecular complexity index is 546. The predicted molar refractivity (Wildman–Crippen MR) is 77.5 cm³/mol. The number of nitrogens with zero attached hydrogens (tertiary/aromatic N) is 2. The minimum atomic E-state index is 0.198. The van der Waals surface area contributed by atoms with Crippen molar-refractivity contribution in [3.05, 3.63) is 41.7 Å². The molecule has 2 aromatic rings. The quantitative estimate of drug-likeness (QED) is 0.896. The number of ether oxygens (including phenoxy) is 1. The summed E-state index contributed by atoms with van der Waals surface area (Å²) in [6, 6.07) is 8.16. The van der Waals surface area contributed by atoms with Crippen LogP contribution in [0.4, 0.5) is 5.69 Å². The van der Waals surface area contributed by atoms with Gasteiger partial charge in [0.2, 0.25) is 0 Å². The van der Waals surface area contributed by atoms with Crippen molar-refractivity contribution in [2.45, 2.75) is 33.4 Å². The van der Waals surface area contributed by atoms with E-state index in [4.69, 9.17) is 4.74 Å². The van der Waals surface area contributed by atoms with Crippen LogP contribution in [0.25, 0.3) is 0 Å². The zero-order valence-electron chi connectivity index (χ0n) is 12.0. The average molecular weight is 259 g/mol. The number of hydrogen-bond donors (Lipinski definition) is 1. The molecule has 0 atom stereocenters. The number of anilines is 1. The van der Waals surface area contributed by atoms with E-state index in [9.17, 15) is 0 Å². The van der Waals surface area contributed by atoms with Gasteiger partial charge in [-0.25, -0.2) is 0 Å². The summed E-state index contributed by atoms with van der Waals surface area (Å²) >= 11 is 0. The van der Waals surface area contributed by atoms with E-state index in [1.165, 1.54) is 5.56 Å². The van der Waals surface area contributed by atoms with Crippen molar-refractivity contribution in [1.29, 1.82) is 0 Å². The van der Waals surface area contributed by atoms with E-state index in [1.807, 2.05) is 50.8 Å². The molecule has 0 unspecified atom stereocenters. The van der Waals surface area contributed by atoms with Crippen LogP contribution in [0.3, 0.4) is 0 Å². The molecule has 4 heteroatoms. The summed E-state index contributed by atoms with van der Waals surface area (Å²) in [7, 11) is 1.93. The molecule has 2 rings (SSSR count). The van der Waals surface area contributed by atoms with Gasteiger partial charge in [0.05, 0.1) is 17.5 Å². The first-order chi connectivity index (χ1) is 9.04. The van der Waals surface area contributed by atoms with Crippen LogP contribution in [0.15, 0.2) is 30.5 Å². The van der Waals surface area contributed by atoms with Gasteiger partial charge in [0, 0.05) is 19.8 Å². The Morgan fingerprint density at radius 2 is 2.16 bits per heavy atom. The van der Waals surface area contributed by atoms with Gasteiger partial charge < -0.3 is 10.1 Å². The minimum absolute atomic E-state index is 0.198. The van der Waals surface area contributed by atoms with Crippen molar-refractivity contribution in [3.63, 3.8) is 0 Å². The third kappa shape index (κ3) is 3.74. The lowest BCUT2D eigenvalue weighted by atomic mass is 10.2. The summed E-state index contributed by atoms with van der Waals surface area (Å²) in [6.07, 6.45) is 2.19. The smallest absolute Gasteiger partial charge is 0.120 e. The number of aromatic nitrogens is 2. The van der Waals surface area contributed by atoms with Gasteiger partial charge in [0.15, 0.2) is 0 Å². The monoisotopic (exact) mass is 259 g/mol. The van der Waals surface area contributed by atoms with Gasteiger partial charge in [-0.2, -0.15) is 5.10 Å². The van der Waals surface area contributed by atoms with Crippen LogP contribution >= 0.6 is 0 Å². The molecule has 1 aromatic carbocycles. The molecular weight excluding hydrogens is 238 g/mol. The zero-order chi connectivity index (χ0) is 13.8. The Morgan fingerprint density at radius 1 is 1.37 bits per heavy atom. The second kappa shape index (κ2) is 5.78. The first-order valence-electron chi connectivity index (χ1n) is 6.54. The number of nitrogens with one attached hydrogen (secondary N) is 1. The summed E-state index contributed by atoms with van der Waals surface area (Å²) < 4.78 is 7.51. The van der Waals surface area contributed by atoms with E-state index in [2.05, 4.69) is 22.5 Å². The molecule has 0 saturated heterocycles. The third-order valence-corrected chi connectivity index (χ3v) is 2.77. The normalized spacial score (nSPS) is 10.8. The zero-order valence-corrected chi connectivity index (χ0v) is 12.0. The highest BCUT2D eigenvalue weighted by Crippen LogP contribution is 2.17. The lowest BCUT2D eigenvalue weighted by molar-refractivity contribution is 0.242. The van der Waals surface area contributed by atoms with Crippen LogP contribution in [-0.4, -0.2) is 15.9 Å². The van der Waals surface area contributed by atoms with E-state index in [0.717, 1.165) is 23.7 Å². The van der Waals surface area contributed by atoms with Crippen molar-refractivity contribution in [3.8, 4) is 5.75 Å². The maximum Gasteiger partial charge on any atom is 0.120 e. The van der Waals surface area contributed by atoms with Gasteiger partial charge in [-0.3, -0.25) is 4.68 Å². The lowest BCUT2D eigenvalue weighted by Gasteiger charge is -2.11. The Morgan fingerprint density at radius 3 is 2.79 bits per heavy atom. The molecule has 0 aliphatic rings. The number of hydrogen-bond acceptors (Lipinski definition) is 3. The molecule has 1 heterocycles. The fourth-order valence-corrected chi connectivity index (χ4v) is 1.97. The Hall–Kier alpha value is -1.97. The molecular formula is C15H21N3O. The SMILES string of the molecule is Cc1nn(C)cc1NCc1cccc(OC(C)C)c1. The van der Waals surface area contributed by atoms with E-state index in [-0.39, 0.29) is 6.10 Å². The molecule has 0 radical (unpaired) electrons. The fraction of sp³-hybridized carbons (Fsp3) is 0.400. The van der Waals surface area contributed by atoms with Gasteiger partial charge in [-0.15, -0.1) is 0 Å². The van der Waals surface area contributed by atoms with E-state index in [1.54, 1.807) is 0 Å². The van der Waals surface area contributed by atoms with Gasteiger partial charge in [0.1, 0.15) is 5.75 Å². The lowest BCUT2D eigenvalue weighted by Crippen LogP contribution is -2.06. The van der Waals surface area contributed by atoms with Crippen molar-refractivity contribution in [2.75, 3.05) is 5.32 Å². The highest BCUT2D eigenvalue weighted by molar-refractivity contribution is 5.46. The summed E-state index contributed by atoms with van der Waals surface area (Å²) in [5.74, 6) is 0.914. The average Bonchev–Trinajstić information content (AvgIpc) is 2.65. The number of rotatable bonds is 5. The summed E-state index contributed by atoms with van der Waals surface area (Å²) in [6.45, 7) is 6.83. The summed E-state index contributed by atoms with van der Waals surface area (Å²) in [4.78, 5) is 0. The second-order valence-corrected chi connectivity index (χ2v) is 4.97. The molecule has 0 amide bonds. The second-order valence-electron chi connectivity index (χ2n) is 4.97. The van der Waals surface area contributed by atoms with Crippen LogP contribution in [0.2, 0.25) is 0 Å². The first-order valence-corrected chi connectivity index (χ1v) is 6.54. The highest BCUT2D eigenvalue weighted by atomic mass is 16.5. The van der Waals surface area contributed by atoms with Gasteiger partial charge in [0.25, 0.3) is 0 Å². The largest absolute Gasteiger partial charge is 0.491 e. The van der Waals surface area contributed by atoms with Gasteiger partial charge in [-0.05, 0) is 38.5 Å². The van der Waals surface area contributed by atoms with Crippen molar-refractivity contribution in [1.82, 2.24) is 9.78 Å². The Balaban J connectivity index is 2.01. The molecule has 0 aliphatic carbocycles. The van der Waals surface area contributed by atoms with Crippen molar-refractivity contribution in [2.24, 2.45) is 7.05 Å². The highest BCUT2D eigenvalue weighted by Gasteiger charge is 2.03. The standard InChI is InChI=1S/C15H21N3O/c1-11(2)19-14-7-5-6-13(8-14)9-16-15-10-18(4)17-12(15)3/h5-8,10-11,16H,9H2,1-4H3. The molecule has 1 aromatic heterocycles.